The van der Waals surface area contributed by atoms with E-state index in [1.165, 1.54) is 6.20 Å². The molecule has 0 aliphatic rings. The molecule has 0 radical (unpaired) electrons. The first-order valence-electron chi connectivity index (χ1n) is 8.78. The molecule has 144 valence electrons. The number of amides is 1. The molecule has 1 aromatic heterocycles. The van der Waals surface area contributed by atoms with E-state index in [4.69, 9.17) is 16.3 Å². The summed E-state index contributed by atoms with van der Waals surface area (Å²) in [5.74, 6) is 0.454. The number of ketones is 1. The zero-order valence-corrected chi connectivity index (χ0v) is 16.1. The van der Waals surface area contributed by atoms with Crippen molar-refractivity contribution in [3.8, 4) is 5.75 Å². The largest absolute Gasteiger partial charge is 0.497 e. The third kappa shape index (κ3) is 4.98. The number of carbonyl (C=O) groups excluding carboxylic acids is 2. The predicted octanol–water partition coefficient (Wildman–Crippen LogP) is 3.40. The average Bonchev–Trinajstić information content (AvgIpc) is 3.17. The van der Waals surface area contributed by atoms with Crippen LogP contribution in [0.1, 0.15) is 26.5 Å². The summed E-state index contributed by atoms with van der Waals surface area (Å²) >= 11 is 5.87. The minimum absolute atomic E-state index is 0.0340. The molecule has 1 amide bonds. The third-order valence-corrected chi connectivity index (χ3v) is 4.51. The molecule has 3 aromatic rings. The van der Waals surface area contributed by atoms with Crippen molar-refractivity contribution in [3.05, 3.63) is 82.9 Å². The molecule has 3 rings (SSSR count). The van der Waals surface area contributed by atoms with E-state index in [2.05, 4.69) is 10.3 Å². The number of Topliss-reactive ketones (excluding diaryl/α,β-unsaturated/α-hetero) is 1. The zero-order chi connectivity index (χ0) is 19.9. The SMILES string of the molecule is COc1ccc(C(=O)Cn2ccnc2C(=O)NCCc2ccc(Cl)cc2)cc1. The lowest BCUT2D eigenvalue weighted by atomic mass is 10.1. The first kappa shape index (κ1) is 19.6. The number of rotatable bonds is 8. The van der Waals surface area contributed by atoms with Gasteiger partial charge in [-0.25, -0.2) is 4.98 Å². The van der Waals surface area contributed by atoms with Gasteiger partial charge in [0.25, 0.3) is 5.91 Å². The van der Waals surface area contributed by atoms with E-state index < -0.39 is 0 Å². The van der Waals surface area contributed by atoms with Gasteiger partial charge in [0.2, 0.25) is 0 Å². The number of benzene rings is 2. The van der Waals surface area contributed by atoms with Gasteiger partial charge in [-0.3, -0.25) is 9.59 Å². The molecule has 0 spiro atoms. The number of ether oxygens (including phenoxy) is 1. The Labute approximate surface area is 168 Å². The highest BCUT2D eigenvalue weighted by Crippen LogP contribution is 2.13. The minimum atomic E-state index is -0.318. The molecule has 0 aliphatic carbocycles. The van der Waals surface area contributed by atoms with Crippen LogP contribution >= 0.6 is 11.6 Å². The molecule has 1 N–H and O–H groups in total. The Morgan fingerprint density at radius 2 is 1.82 bits per heavy atom. The molecule has 6 nitrogen and oxygen atoms in total. The van der Waals surface area contributed by atoms with Crippen LogP contribution in [0.25, 0.3) is 0 Å². The summed E-state index contributed by atoms with van der Waals surface area (Å²) in [4.78, 5) is 29.0. The highest BCUT2D eigenvalue weighted by Gasteiger charge is 2.15. The van der Waals surface area contributed by atoms with Crippen LogP contribution in [0.4, 0.5) is 0 Å². The molecule has 0 fully saturated rings. The Kier molecular flexibility index (Phi) is 6.45. The summed E-state index contributed by atoms with van der Waals surface area (Å²) < 4.78 is 6.64. The molecule has 28 heavy (non-hydrogen) atoms. The highest BCUT2D eigenvalue weighted by molar-refractivity contribution is 6.30. The van der Waals surface area contributed by atoms with Gasteiger partial charge in [0.05, 0.1) is 13.7 Å². The van der Waals surface area contributed by atoms with E-state index in [0.717, 1.165) is 5.56 Å². The van der Waals surface area contributed by atoms with E-state index in [1.54, 1.807) is 42.1 Å². The van der Waals surface area contributed by atoms with Crippen molar-refractivity contribution >= 4 is 23.3 Å². The number of halogens is 1. The van der Waals surface area contributed by atoms with Crippen molar-refractivity contribution in [2.45, 2.75) is 13.0 Å². The fourth-order valence-corrected chi connectivity index (χ4v) is 2.85. The second-order valence-corrected chi connectivity index (χ2v) is 6.60. The summed E-state index contributed by atoms with van der Waals surface area (Å²) in [7, 11) is 1.57. The molecule has 0 unspecified atom stereocenters. The standard InChI is InChI=1S/C21H20ClN3O3/c1-28-18-8-4-16(5-9-18)19(26)14-25-13-12-23-20(25)21(27)24-11-10-15-2-6-17(22)7-3-15/h2-9,12-13H,10-11,14H2,1H3,(H,24,27). The maximum absolute atomic E-state index is 12.5. The van der Waals surface area contributed by atoms with E-state index in [9.17, 15) is 9.59 Å². The van der Waals surface area contributed by atoms with Crippen LogP contribution in [0.15, 0.2) is 60.9 Å². The van der Waals surface area contributed by atoms with Crippen molar-refractivity contribution in [1.82, 2.24) is 14.9 Å². The molecular weight excluding hydrogens is 378 g/mol. The van der Waals surface area contributed by atoms with Crippen molar-refractivity contribution in [2.24, 2.45) is 0 Å². The monoisotopic (exact) mass is 397 g/mol. The molecule has 0 saturated carbocycles. The van der Waals surface area contributed by atoms with E-state index in [1.807, 2.05) is 24.3 Å². The van der Waals surface area contributed by atoms with Crippen molar-refractivity contribution in [2.75, 3.05) is 13.7 Å². The predicted molar refractivity (Wildman–Crippen MR) is 107 cm³/mol. The van der Waals surface area contributed by atoms with Gasteiger partial charge in [-0.2, -0.15) is 0 Å². The third-order valence-electron chi connectivity index (χ3n) is 4.26. The smallest absolute Gasteiger partial charge is 0.287 e. The quantitative estimate of drug-likeness (QED) is 0.591. The summed E-state index contributed by atoms with van der Waals surface area (Å²) in [6.07, 6.45) is 3.80. The average molecular weight is 398 g/mol. The van der Waals surface area contributed by atoms with Gasteiger partial charge in [-0.15, -0.1) is 0 Å². The molecule has 0 saturated heterocycles. The van der Waals surface area contributed by atoms with Gasteiger partial charge in [-0.1, -0.05) is 23.7 Å². The van der Waals surface area contributed by atoms with Crippen LogP contribution in [-0.4, -0.2) is 34.9 Å². The van der Waals surface area contributed by atoms with Gasteiger partial charge in [0.15, 0.2) is 11.6 Å². The van der Waals surface area contributed by atoms with Crippen LogP contribution in [0.2, 0.25) is 5.02 Å². The molecule has 0 aliphatic heterocycles. The van der Waals surface area contributed by atoms with Crippen LogP contribution in [-0.2, 0) is 13.0 Å². The Morgan fingerprint density at radius 1 is 1.11 bits per heavy atom. The van der Waals surface area contributed by atoms with Gasteiger partial charge in [0, 0.05) is 29.5 Å². The van der Waals surface area contributed by atoms with Crippen molar-refractivity contribution < 1.29 is 14.3 Å². The first-order valence-corrected chi connectivity index (χ1v) is 9.15. The maximum atomic E-state index is 12.5. The number of nitrogens with zero attached hydrogens (tertiary/aromatic N) is 2. The number of aromatic nitrogens is 2. The molecule has 7 heteroatoms. The van der Waals surface area contributed by atoms with Crippen LogP contribution in [0.5, 0.6) is 5.75 Å². The van der Waals surface area contributed by atoms with Crippen molar-refractivity contribution in [1.29, 1.82) is 0 Å². The Morgan fingerprint density at radius 3 is 2.50 bits per heavy atom. The molecule has 0 bridgehead atoms. The van der Waals surface area contributed by atoms with Crippen molar-refractivity contribution in [3.63, 3.8) is 0 Å². The van der Waals surface area contributed by atoms with E-state index in [0.29, 0.717) is 29.3 Å². The lowest BCUT2D eigenvalue weighted by molar-refractivity contribution is 0.0932. The molecule has 0 atom stereocenters. The molecular formula is C21H20ClN3O3. The fraction of sp³-hybridized carbons (Fsp3) is 0.190. The van der Waals surface area contributed by atoms with Crippen LogP contribution in [0, 0.1) is 0 Å². The molecule has 1 heterocycles. The number of imidazole rings is 1. The topological polar surface area (TPSA) is 73.2 Å². The van der Waals surface area contributed by atoms with E-state index >= 15 is 0 Å². The number of methoxy groups -OCH3 is 1. The summed E-state index contributed by atoms with van der Waals surface area (Å²) in [6.45, 7) is 0.492. The lowest BCUT2D eigenvalue weighted by Gasteiger charge is -2.09. The van der Waals surface area contributed by atoms with E-state index in [-0.39, 0.29) is 24.1 Å². The second-order valence-electron chi connectivity index (χ2n) is 6.16. The van der Waals surface area contributed by atoms with Crippen LogP contribution < -0.4 is 10.1 Å². The Bertz CT molecular complexity index is 950. The summed E-state index contributed by atoms with van der Waals surface area (Å²) in [5.41, 5.74) is 1.62. The van der Waals surface area contributed by atoms with Gasteiger partial charge in [0.1, 0.15) is 5.75 Å². The number of carbonyl (C=O) groups is 2. The first-order chi connectivity index (χ1) is 13.6. The molecule has 2 aromatic carbocycles. The van der Waals surface area contributed by atoms with Crippen LogP contribution in [0.3, 0.4) is 0 Å². The maximum Gasteiger partial charge on any atom is 0.287 e. The van der Waals surface area contributed by atoms with Gasteiger partial charge >= 0.3 is 0 Å². The number of hydrogen-bond acceptors (Lipinski definition) is 4. The Balaban J connectivity index is 1.58. The zero-order valence-electron chi connectivity index (χ0n) is 15.4. The Hall–Kier alpha value is -3.12. The number of nitrogens with one attached hydrogen (secondary N) is 1. The summed E-state index contributed by atoms with van der Waals surface area (Å²) in [5, 5.41) is 3.51. The summed E-state index contributed by atoms with van der Waals surface area (Å²) in [6, 6.07) is 14.3. The normalized spacial score (nSPS) is 10.5. The minimum Gasteiger partial charge on any atom is -0.497 e. The second kappa shape index (κ2) is 9.19. The highest BCUT2D eigenvalue weighted by atomic mass is 35.5. The van der Waals surface area contributed by atoms with Gasteiger partial charge < -0.3 is 14.6 Å². The lowest BCUT2D eigenvalue weighted by Crippen LogP contribution is -2.29. The van der Waals surface area contributed by atoms with Gasteiger partial charge in [-0.05, 0) is 48.4 Å². The number of hydrogen-bond donors (Lipinski definition) is 1. The fourth-order valence-electron chi connectivity index (χ4n) is 2.72.